The van der Waals surface area contributed by atoms with E-state index in [0.717, 1.165) is 65.3 Å². The largest absolute Gasteiger partial charge is 0.493 e. The van der Waals surface area contributed by atoms with E-state index in [0.29, 0.717) is 13.2 Å². The molecule has 0 aliphatic carbocycles. The van der Waals surface area contributed by atoms with Gasteiger partial charge in [-0.1, -0.05) is 60.7 Å². The Kier molecular flexibility index (Phi) is 9.74. The number of fused-ring (bicyclic) bond motifs is 1. The predicted octanol–water partition coefficient (Wildman–Crippen LogP) is 6.31. The average Bonchev–Trinajstić information content (AvgIpc) is 3.30. The Balaban J connectivity index is 1.31. The van der Waals surface area contributed by atoms with Gasteiger partial charge in [-0.2, -0.15) is 0 Å². The van der Waals surface area contributed by atoms with Crippen molar-refractivity contribution in [3.63, 3.8) is 0 Å². The van der Waals surface area contributed by atoms with Gasteiger partial charge >= 0.3 is 0 Å². The van der Waals surface area contributed by atoms with Crippen LogP contribution in [0.2, 0.25) is 0 Å². The summed E-state index contributed by atoms with van der Waals surface area (Å²) < 4.78 is 13.8. The maximum absolute atomic E-state index is 12.2. The number of ether oxygens (including phenoxy) is 2. The zero-order valence-electron chi connectivity index (χ0n) is 22.1. The number of nitrogens with zero attached hydrogens (tertiary/aromatic N) is 2. The lowest BCUT2D eigenvalue weighted by molar-refractivity contribution is -0.116. The summed E-state index contributed by atoms with van der Waals surface area (Å²) in [4.78, 5) is 17.0. The second kappa shape index (κ2) is 13.8. The van der Waals surface area contributed by atoms with Gasteiger partial charge in [-0.25, -0.2) is 4.98 Å². The number of methoxy groups -OCH3 is 1. The number of para-hydroxylation sites is 2. The molecule has 4 rings (SSSR count). The van der Waals surface area contributed by atoms with Gasteiger partial charge in [0.25, 0.3) is 0 Å². The first kappa shape index (κ1) is 26.7. The number of amides is 1. The molecule has 0 aliphatic rings. The summed E-state index contributed by atoms with van der Waals surface area (Å²) in [7, 11) is 1.66. The molecule has 0 aliphatic heterocycles. The quantitative estimate of drug-likeness (QED) is 0.169. The number of benzene rings is 3. The average molecular weight is 510 g/mol. The molecule has 1 aromatic heterocycles. The van der Waals surface area contributed by atoms with Crippen LogP contribution in [0.4, 0.5) is 0 Å². The molecule has 6 heteroatoms. The van der Waals surface area contributed by atoms with E-state index in [-0.39, 0.29) is 5.91 Å². The van der Waals surface area contributed by atoms with Crippen LogP contribution in [0, 0.1) is 0 Å². The van der Waals surface area contributed by atoms with Crippen LogP contribution in [-0.2, 0) is 17.8 Å². The molecule has 196 valence electrons. The van der Waals surface area contributed by atoms with Gasteiger partial charge in [0.15, 0.2) is 11.5 Å². The molecular formula is C32H35N3O3. The molecular weight excluding hydrogens is 474 g/mol. The molecule has 1 heterocycles. The van der Waals surface area contributed by atoms with E-state index in [1.165, 1.54) is 0 Å². The Labute approximate surface area is 224 Å². The van der Waals surface area contributed by atoms with Crippen molar-refractivity contribution in [3.05, 3.63) is 102 Å². The van der Waals surface area contributed by atoms with Crippen LogP contribution in [0.25, 0.3) is 23.2 Å². The first-order chi connectivity index (χ1) is 18.7. The topological polar surface area (TPSA) is 65.4 Å². The predicted molar refractivity (Wildman–Crippen MR) is 154 cm³/mol. The van der Waals surface area contributed by atoms with E-state index in [1.807, 2.05) is 91.9 Å². The van der Waals surface area contributed by atoms with E-state index in [4.69, 9.17) is 14.5 Å². The maximum Gasteiger partial charge on any atom is 0.243 e. The molecule has 1 N–H and O–H groups in total. The summed E-state index contributed by atoms with van der Waals surface area (Å²) in [5, 5.41) is 2.97. The minimum absolute atomic E-state index is 0.0892. The monoisotopic (exact) mass is 509 g/mol. The van der Waals surface area contributed by atoms with Crippen LogP contribution in [0.15, 0.2) is 84.9 Å². The normalized spacial score (nSPS) is 11.4. The van der Waals surface area contributed by atoms with Crippen LogP contribution >= 0.6 is 0 Å². The number of nitrogens with one attached hydrogen (secondary N) is 1. The second-order valence-electron chi connectivity index (χ2n) is 8.92. The highest BCUT2D eigenvalue weighted by atomic mass is 16.5. The van der Waals surface area contributed by atoms with Crippen molar-refractivity contribution in [1.82, 2.24) is 14.9 Å². The highest BCUT2D eigenvalue weighted by Crippen LogP contribution is 2.29. The fourth-order valence-electron chi connectivity index (χ4n) is 4.32. The molecule has 0 saturated heterocycles. The van der Waals surface area contributed by atoms with Gasteiger partial charge in [-0.05, 0) is 61.2 Å². The molecule has 0 unspecified atom stereocenters. The third-order valence-electron chi connectivity index (χ3n) is 6.17. The lowest BCUT2D eigenvalue weighted by Gasteiger charge is -2.13. The standard InChI is InChI=1S/C32H35N3O3/c1-3-11-26-17-19-29(30(24-26)37-2)38-23-10-22-35-28-15-8-7-14-27(28)34-31(35)16-9-21-33-32(36)20-18-25-12-5-4-6-13-25/h3-8,11-15,17-20,24H,9-10,16,21-23H2,1-2H3,(H,33,36)/b11-3+,20-18-. The van der Waals surface area contributed by atoms with Gasteiger partial charge in [-0.3, -0.25) is 4.79 Å². The first-order valence-corrected chi connectivity index (χ1v) is 13.1. The van der Waals surface area contributed by atoms with Gasteiger partial charge in [0.05, 0.1) is 24.8 Å². The molecule has 38 heavy (non-hydrogen) atoms. The van der Waals surface area contributed by atoms with Crippen molar-refractivity contribution in [3.8, 4) is 11.5 Å². The number of rotatable bonds is 13. The number of aryl methyl sites for hydroxylation is 2. The van der Waals surface area contributed by atoms with Gasteiger partial charge in [0, 0.05) is 25.6 Å². The number of hydrogen-bond donors (Lipinski definition) is 1. The molecule has 1 amide bonds. The van der Waals surface area contributed by atoms with Crippen molar-refractivity contribution in [2.24, 2.45) is 0 Å². The summed E-state index contributed by atoms with van der Waals surface area (Å²) in [6.45, 7) is 3.94. The molecule has 6 nitrogen and oxygen atoms in total. The van der Waals surface area contributed by atoms with Crippen LogP contribution in [0.1, 0.15) is 36.7 Å². The number of hydrogen-bond acceptors (Lipinski definition) is 4. The van der Waals surface area contributed by atoms with Gasteiger partial charge in [0.2, 0.25) is 5.91 Å². The van der Waals surface area contributed by atoms with Crippen molar-refractivity contribution in [1.29, 1.82) is 0 Å². The van der Waals surface area contributed by atoms with E-state index < -0.39 is 0 Å². The summed E-state index contributed by atoms with van der Waals surface area (Å²) in [5.74, 6) is 2.41. The first-order valence-electron chi connectivity index (χ1n) is 13.1. The third-order valence-corrected chi connectivity index (χ3v) is 6.17. The lowest BCUT2D eigenvalue weighted by Crippen LogP contribution is -2.22. The Morgan fingerprint density at radius 3 is 2.58 bits per heavy atom. The number of allylic oxidation sites excluding steroid dienone is 1. The Morgan fingerprint density at radius 2 is 1.76 bits per heavy atom. The smallest absolute Gasteiger partial charge is 0.243 e. The molecule has 0 fully saturated rings. The lowest BCUT2D eigenvalue weighted by atomic mass is 10.2. The van der Waals surface area contributed by atoms with E-state index in [1.54, 1.807) is 13.2 Å². The molecule has 0 saturated carbocycles. The van der Waals surface area contributed by atoms with Crippen LogP contribution in [0.5, 0.6) is 11.5 Å². The van der Waals surface area contributed by atoms with Crippen molar-refractivity contribution in [2.45, 2.75) is 32.7 Å². The van der Waals surface area contributed by atoms with Crippen LogP contribution in [-0.4, -0.2) is 35.7 Å². The summed E-state index contributed by atoms with van der Waals surface area (Å²) in [6, 6.07) is 24.0. The fourth-order valence-corrected chi connectivity index (χ4v) is 4.32. The van der Waals surface area contributed by atoms with Gasteiger partial charge < -0.3 is 19.4 Å². The summed E-state index contributed by atoms with van der Waals surface area (Å²) in [6.07, 6.45) is 9.84. The minimum atomic E-state index is -0.0892. The van der Waals surface area contributed by atoms with Crippen molar-refractivity contribution in [2.75, 3.05) is 20.3 Å². The van der Waals surface area contributed by atoms with Crippen molar-refractivity contribution < 1.29 is 14.3 Å². The van der Waals surface area contributed by atoms with E-state index in [2.05, 4.69) is 16.0 Å². The van der Waals surface area contributed by atoms with E-state index in [9.17, 15) is 4.79 Å². The van der Waals surface area contributed by atoms with Gasteiger partial charge in [-0.15, -0.1) is 0 Å². The zero-order chi connectivity index (χ0) is 26.6. The highest BCUT2D eigenvalue weighted by Gasteiger charge is 2.11. The second-order valence-corrected chi connectivity index (χ2v) is 8.92. The Hall–Kier alpha value is -4.32. The Bertz CT molecular complexity index is 1390. The zero-order valence-corrected chi connectivity index (χ0v) is 22.1. The third kappa shape index (κ3) is 7.35. The molecule has 0 radical (unpaired) electrons. The fraction of sp³-hybridized carbons (Fsp3) is 0.250. The van der Waals surface area contributed by atoms with Crippen LogP contribution < -0.4 is 14.8 Å². The van der Waals surface area contributed by atoms with Crippen molar-refractivity contribution >= 4 is 29.1 Å². The molecule has 3 aromatic carbocycles. The molecule has 4 aromatic rings. The Morgan fingerprint density at radius 1 is 0.947 bits per heavy atom. The number of carbonyl (C=O) groups excluding carboxylic acids is 1. The minimum Gasteiger partial charge on any atom is -0.493 e. The van der Waals surface area contributed by atoms with E-state index >= 15 is 0 Å². The number of aromatic nitrogens is 2. The number of imidazole rings is 1. The van der Waals surface area contributed by atoms with Gasteiger partial charge in [0.1, 0.15) is 5.82 Å². The SMILES string of the molecule is C/C=C/c1ccc(OCCCn2c(CCCNC(=O)/C=C\c3ccccc3)nc3ccccc32)c(OC)c1. The van der Waals surface area contributed by atoms with Crippen LogP contribution in [0.3, 0.4) is 0 Å². The summed E-state index contributed by atoms with van der Waals surface area (Å²) >= 11 is 0. The number of carbonyl (C=O) groups is 1. The molecule has 0 spiro atoms. The maximum atomic E-state index is 12.2. The highest BCUT2D eigenvalue weighted by molar-refractivity contribution is 5.91. The molecule has 0 bridgehead atoms. The molecule has 0 atom stereocenters. The summed E-state index contributed by atoms with van der Waals surface area (Å²) in [5.41, 5.74) is 4.18.